The number of nitrogens with one attached hydrogen (secondary N) is 1. The molecule has 7 heteroatoms. The summed E-state index contributed by atoms with van der Waals surface area (Å²) in [7, 11) is 0. The van der Waals surface area contributed by atoms with Gasteiger partial charge in [-0.25, -0.2) is 4.98 Å². The van der Waals surface area contributed by atoms with Crippen LogP contribution in [0.25, 0.3) is 0 Å². The Bertz CT molecular complexity index is 626. The topological polar surface area (TPSA) is 92.2 Å². The first-order chi connectivity index (χ1) is 9.54. The highest BCUT2D eigenvalue weighted by molar-refractivity contribution is 6.03. The van der Waals surface area contributed by atoms with Crippen molar-refractivity contribution in [3.05, 3.63) is 53.9 Å². The largest absolute Gasteiger partial charge is 0.481 e. The summed E-state index contributed by atoms with van der Waals surface area (Å²) in [6.45, 7) is 0. The minimum atomic E-state index is -0.980. The van der Waals surface area contributed by atoms with Gasteiger partial charge < -0.3 is 10.4 Å². The van der Waals surface area contributed by atoms with Gasteiger partial charge in [-0.15, -0.1) is 0 Å². The molecule has 102 valence electrons. The van der Waals surface area contributed by atoms with Crippen molar-refractivity contribution in [2.45, 2.75) is 6.42 Å². The van der Waals surface area contributed by atoms with E-state index in [1.165, 1.54) is 18.3 Å². The van der Waals surface area contributed by atoms with Crippen LogP contribution < -0.4 is 5.32 Å². The predicted molar refractivity (Wildman–Crippen MR) is 67.7 cm³/mol. The number of anilines is 1. The average molecular weight is 275 g/mol. The number of aromatic nitrogens is 2. The minimum absolute atomic E-state index is 0.184. The summed E-state index contributed by atoms with van der Waals surface area (Å²) in [5.41, 5.74) is 1.01. The molecule has 0 spiro atoms. The van der Waals surface area contributed by atoms with Crippen molar-refractivity contribution in [2.24, 2.45) is 0 Å². The van der Waals surface area contributed by atoms with Gasteiger partial charge in [0.2, 0.25) is 5.95 Å². The number of carbonyl (C=O) groups excluding carboxylic acids is 1. The number of rotatable bonds is 4. The molecule has 0 unspecified atom stereocenters. The van der Waals surface area contributed by atoms with E-state index in [9.17, 15) is 14.0 Å². The third kappa shape index (κ3) is 3.58. The second kappa shape index (κ2) is 5.87. The molecule has 0 saturated carbocycles. The van der Waals surface area contributed by atoms with Gasteiger partial charge in [0.25, 0.3) is 5.91 Å². The maximum absolute atomic E-state index is 12.6. The van der Waals surface area contributed by atoms with Crippen LogP contribution in [0.4, 0.5) is 10.1 Å². The lowest BCUT2D eigenvalue weighted by molar-refractivity contribution is -0.136. The van der Waals surface area contributed by atoms with Gasteiger partial charge in [0.05, 0.1) is 29.6 Å². The molecule has 2 aromatic rings. The second-order valence-corrected chi connectivity index (χ2v) is 3.93. The Morgan fingerprint density at radius 3 is 2.50 bits per heavy atom. The zero-order valence-electron chi connectivity index (χ0n) is 10.2. The number of halogens is 1. The van der Waals surface area contributed by atoms with Crippen LogP contribution in [0.2, 0.25) is 0 Å². The van der Waals surface area contributed by atoms with Gasteiger partial charge in [0, 0.05) is 6.20 Å². The van der Waals surface area contributed by atoms with E-state index in [-0.39, 0.29) is 12.0 Å². The van der Waals surface area contributed by atoms with Crippen LogP contribution in [0.3, 0.4) is 0 Å². The van der Waals surface area contributed by atoms with Crippen LogP contribution >= 0.6 is 0 Å². The molecule has 20 heavy (non-hydrogen) atoms. The lowest BCUT2D eigenvalue weighted by atomic mass is 10.2. The number of pyridine rings is 2. The number of carbonyl (C=O) groups is 2. The first-order valence-electron chi connectivity index (χ1n) is 5.64. The lowest BCUT2D eigenvalue weighted by Crippen LogP contribution is -2.13. The van der Waals surface area contributed by atoms with Crippen molar-refractivity contribution in [3.63, 3.8) is 0 Å². The number of nitrogens with zero attached hydrogens (tertiary/aromatic N) is 2. The van der Waals surface area contributed by atoms with E-state index in [2.05, 4.69) is 15.3 Å². The first kappa shape index (κ1) is 13.6. The van der Waals surface area contributed by atoms with Crippen molar-refractivity contribution in [1.29, 1.82) is 0 Å². The van der Waals surface area contributed by atoms with Crippen LogP contribution in [-0.2, 0) is 11.2 Å². The smallest absolute Gasteiger partial charge is 0.309 e. The molecule has 6 nitrogen and oxygen atoms in total. The molecular formula is C13H10FN3O3. The summed E-state index contributed by atoms with van der Waals surface area (Å²) in [6.07, 6.45) is 2.29. The fraction of sp³-hybridized carbons (Fsp3) is 0.0769. The zero-order valence-corrected chi connectivity index (χ0v) is 10.2. The number of aliphatic carboxylic acids is 1. The quantitative estimate of drug-likeness (QED) is 0.825. The Labute approximate surface area is 113 Å². The first-order valence-corrected chi connectivity index (χ1v) is 5.64. The van der Waals surface area contributed by atoms with E-state index >= 15 is 0 Å². The number of carboxylic acids is 1. The Morgan fingerprint density at radius 1 is 1.15 bits per heavy atom. The van der Waals surface area contributed by atoms with Crippen molar-refractivity contribution in [1.82, 2.24) is 9.97 Å². The van der Waals surface area contributed by atoms with E-state index in [0.29, 0.717) is 11.4 Å². The Morgan fingerprint density at radius 2 is 1.95 bits per heavy atom. The third-order valence-electron chi connectivity index (χ3n) is 2.40. The van der Waals surface area contributed by atoms with Crippen molar-refractivity contribution in [3.8, 4) is 0 Å². The van der Waals surface area contributed by atoms with Gasteiger partial charge in [-0.05, 0) is 24.3 Å². The number of hydrogen-bond donors (Lipinski definition) is 2. The van der Waals surface area contributed by atoms with Crippen LogP contribution in [0.15, 0.2) is 36.7 Å². The summed E-state index contributed by atoms with van der Waals surface area (Å²) in [6, 6.07) is 5.44. The predicted octanol–water partition coefficient (Wildman–Crippen LogP) is 1.50. The van der Waals surface area contributed by atoms with Crippen molar-refractivity contribution in [2.75, 3.05) is 5.32 Å². The van der Waals surface area contributed by atoms with Crippen LogP contribution in [-0.4, -0.2) is 27.0 Å². The molecular weight excluding hydrogens is 265 g/mol. The van der Waals surface area contributed by atoms with Gasteiger partial charge in [-0.1, -0.05) is 0 Å². The molecule has 0 bridgehead atoms. The fourth-order valence-corrected chi connectivity index (χ4v) is 1.47. The van der Waals surface area contributed by atoms with Gasteiger partial charge in [-0.3, -0.25) is 14.6 Å². The summed E-state index contributed by atoms with van der Waals surface area (Å²) >= 11 is 0. The maximum atomic E-state index is 12.6. The molecule has 2 N–H and O–H groups in total. The van der Waals surface area contributed by atoms with E-state index in [0.717, 1.165) is 12.3 Å². The number of amides is 1. The highest BCUT2D eigenvalue weighted by Gasteiger charge is 2.08. The molecule has 0 aliphatic heterocycles. The van der Waals surface area contributed by atoms with Crippen molar-refractivity contribution >= 4 is 17.6 Å². The SMILES string of the molecule is O=C(O)Cc1ccc(NC(=O)c2ccc(F)nc2)cn1. The molecule has 0 aromatic carbocycles. The van der Waals surface area contributed by atoms with E-state index in [1.807, 2.05) is 0 Å². The van der Waals surface area contributed by atoms with Gasteiger partial charge in [-0.2, -0.15) is 4.39 Å². The summed E-state index contributed by atoms with van der Waals surface area (Å²) in [4.78, 5) is 29.6. The molecule has 0 saturated heterocycles. The second-order valence-electron chi connectivity index (χ2n) is 3.93. The molecule has 2 aromatic heterocycles. The molecule has 0 radical (unpaired) electrons. The number of hydrogen-bond acceptors (Lipinski definition) is 4. The van der Waals surface area contributed by atoms with Crippen LogP contribution in [0.5, 0.6) is 0 Å². The average Bonchev–Trinajstić information content (AvgIpc) is 2.41. The normalized spacial score (nSPS) is 10.1. The third-order valence-corrected chi connectivity index (χ3v) is 2.40. The molecule has 2 rings (SSSR count). The zero-order chi connectivity index (χ0) is 14.5. The molecule has 0 aliphatic carbocycles. The van der Waals surface area contributed by atoms with Gasteiger partial charge >= 0.3 is 5.97 Å². The Hall–Kier alpha value is -2.83. The molecule has 0 atom stereocenters. The van der Waals surface area contributed by atoms with E-state index < -0.39 is 17.8 Å². The summed E-state index contributed by atoms with van der Waals surface area (Å²) in [5.74, 6) is -2.10. The monoisotopic (exact) mass is 275 g/mol. The summed E-state index contributed by atoms with van der Waals surface area (Å²) in [5, 5.41) is 11.2. The van der Waals surface area contributed by atoms with Gasteiger partial charge in [0.1, 0.15) is 0 Å². The maximum Gasteiger partial charge on any atom is 0.309 e. The Kier molecular flexibility index (Phi) is 3.99. The number of carboxylic acid groups (broad SMARTS) is 1. The molecule has 0 aliphatic rings. The lowest BCUT2D eigenvalue weighted by Gasteiger charge is -2.05. The molecule has 0 fully saturated rings. The van der Waals surface area contributed by atoms with Crippen molar-refractivity contribution < 1.29 is 19.1 Å². The molecule has 2 heterocycles. The van der Waals surface area contributed by atoms with Crippen LogP contribution in [0.1, 0.15) is 16.1 Å². The minimum Gasteiger partial charge on any atom is -0.481 e. The Balaban J connectivity index is 2.04. The molecule has 1 amide bonds. The fourth-order valence-electron chi connectivity index (χ4n) is 1.47. The summed E-state index contributed by atoms with van der Waals surface area (Å²) < 4.78 is 12.6. The van der Waals surface area contributed by atoms with Gasteiger partial charge in [0.15, 0.2) is 0 Å². The van der Waals surface area contributed by atoms with Crippen LogP contribution in [0, 0.1) is 5.95 Å². The van der Waals surface area contributed by atoms with E-state index in [1.54, 1.807) is 6.07 Å². The standard InChI is InChI=1S/C13H10FN3O3/c14-11-4-1-8(6-16-11)13(20)17-10-3-2-9(15-7-10)5-12(18)19/h1-4,6-7H,5H2,(H,17,20)(H,18,19). The van der Waals surface area contributed by atoms with E-state index in [4.69, 9.17) is 5.11 Å². The highest BCUT2D eigenvalue weighted by atomic mass is 19.1. The highest BCUT2D eigenvalue weighted by Crippen LogP contribution is 2.09.